The molecule has 9 heteroatoms. The van der Waals surface area contributed by atoms with Crippen LogP contribution in [0, 0.1) is 6.92 Å². The SMILES string of the molecule is CCC(=O)N1c2ccc(S(=O)(=O)N3CCCCC3)cc2C[C@@H]1C(=O)NCc1ccc(C)o1. The van der Waals surface area contributed by atoms with Crippen LogP contribution < -0.4 is 10.2 Å². The van der Waals surface area contributed by atoms with Crippen LogP contribution in [0.25, 0.3) is 0 Å². The molecule has 3 heterocycles. The second kappa shape index (κ2) is 9.07. The second-order valence-electron chi connectivity index (χ2n) is 8.32. The minimum atomic E-state index is -3.59. The van der Waals surface area contributed by atoms with Gasteiger partial charge in [0.2, 0.25) is 21.8 Å². The minimum absolute atomic E-state index is 0.176. The van der Waals surface area contributed by atoms with Crippen molar-refractivity contribution in [1.82, 2.24) is 9.62 Å². The average Bonchev–Trinajstić information content (AvgIpc) is 3.40. The third-order valence-electron chi connectivity index (χ3n) is 6.09. The molecule has 2 aromatic rings. The smallest absolute Gasteiger partial charge is 0.243 e. The van der Waals surface area contributed by atoms with E-state index in [1.807, 2.05) is 13.0 Å². The summed E-state index contributed by atoms with van der Waals surface area (Å²) in [5.41, 5.74) is 1.29. The molecule has 0 radical (unpaired) electrons. The van der Waals surface area contributed by atoms with Crippen LogP contribution in [0.4, 0.5) is 5.69 Å². The zero-order valence-corrected chi connectivity index (χ0v) is 19.3. The number of anilines is 1. The van der Waals surface area contributed by atoms with E-state index in [0.717, 1.165) is 25.0 Å². The van der Waals surface area contributed by atoms with Gasteiger partial charge in [-0.3, -0.25) is 14.5 Å². The van der Waals surface area contributed by atoms with Gasteiger partial charge in [-0.2, -0.15) is 4.31 Å². The van der Waals surface area contributed by atoms with Crippen LogP contribution in [-0.2, 0) is 32.6 Å². The Labute approximate surface area is 188 Å². The van der Waals surface area contributed by atoms with Crippen molar-refractivity contribution in [2.75, 3.05) is 18.0 Å². The highest BCUT2D eigenvalue weighted by molar-refractivity contribution is 7.89. The van der Waals surface area contributed by atoms with Crippen molar-refractivity contribution in [1.29, 1.82) is 0 Å². The fourth-order valence-corrected chi connectivity index (χ4v) is 5.97. The van der Waals surface area contributed by atoms with Gasteiger partial charge in [-0.1, -0.05) is 13.3 Å². The Morgan fingerprint density at radius 3 is 2.53 bits per heavy atom. The molecule has 1 fully saturated rings. The minimum Gasteiger partial charge on any atom is -0.465 e. The molecular formula is C23H29N3O5S. The number of rotatable bonds is 6. The van der Waals surface area contributed by atoms with Crippen LogP contribution in [0.1, 0.15) is 49.7 Å². The van der Waals surface area contributed by atoms with Gasteiger partial charge in [-0.25, -0.2) is 8.42 Å². The van der Waals surface area contributed by atoms with Crippen LogP contribution in [0.2, 0.25) is 0 Å². The summed E-state index contributed by atoms with van der Waals surface area (Å²) in [6.07, 6.45) is 3.28. The Bertz CT molecular complexity index is 1120. The largest absolute Gasteiger partial charge is 0.465 e. The third kappa shape index (κ3) is 4.31. The molecule has 1 N–H and O–H groups in total. The van der Waals surface area contributed by atoms with Crippen LogP contribution in [-0.4, -0.2) is 43.7 Å². The van der Waals surface area contributed by atoms with Gasteiger partial charge in [0.1, 0.15) is 17.6 Å². The summed E-state index contributed by atoms with van der Waals surface area (Å²) >= 11 is 0. The molecule has 0 unspecified atom stereocenters. The van der Waals surface area contributed by atoms with Gasteiger partial charge in [0.25, 0.3) is 0 Å². The van der Waals surface area contributed by atoms with Gasteiger partial charge >= 0.3 is 0 Å². The monoisotopic (exact) mass is 459 g/mol. The van der Waals surface area contributed by atoms with Crippen molar-refractivity contribution < 1.29 is 22.4 Å². The van der Waals surface area contributed by atoms with Crippen LogP contribution in [0.5, 0.6) is 0 Å². The van der Waals surface area contributed by atoms with E-state index >= 15 is 0 Å². The predicted octanol–water partition coefficient (Wildman–Crippen LogP) is 2.75. The summed E-state index contributed by atoms with van der Waals surface area (Å²) in [4.78, 5) is 27.4. The van der Waals surface area contributed by atoms with Gasteiger partial charge in [-0.15, -0.1) is 0 Å². The number of hydrogen-bond acceptors (Lipinski definition) is 5. The van der Waals surface area contributed by atoms with Gasteiger partial charge in [0.15, 0.2) is 0 Å². The molecule has 0 saturated carbocycles. The second-order valence-corrected chi connectivity index (χ2v) is 10.3. The van der Waals surface area contributed by atoms with E-state index in [1.165, 1.54) is 9.21 Å². The van der Waals surface area contributed by atoms with Crippen LogP contribution in [0.3, 0.4) is 0 Å². The first-order valence-electron chi connectivity index (χ1n) is 11.1. The molecule has 0 aliphatic carbocycles. The summed E-state index contributed by atoms with van der Waals surface area (Å²) in [5.74, 6) is 0.921. The maximum Gasteiger partial charge on any atom is 0.243 e. The highest BCUT2D eigenvalue weighted by Gasteiger charge is 2.39. The summed E-state index contributed by atoms with van der Waals surface area (Å²) in [6, 6.07) is 7.73. The number of aryl methyl sites for hydroxylation is 1. The highest BCUT2D eigenvalue weighted by Crippen LogP contribution is 2.35. The number of benzene rings is 1. The molecule has 1 saturated heterocycles. The van der Waals surface area contributed by atoms with Crippen LogP contribution >= 0.6 is 0 Å². The van der Waals surface area contributed by atoms with E-state index in [2.05, 4.69) is 5.32 Å². The summed E-state index contributed by atoms with van der Waals surface area (Å²) < 4.78 is 33.2. The molecule has 1 aromatic carbocycles. The molecule has 2 amide bonds. The number of furan rings is 1. The Kier molecular flexibility index (Phi) is 6.39. The Morgan fingerprint density at radius 1 is 1.12 bits per heavy atom. The fourth-order valence-electron chi connectivity index (χ4n) is 4.40. The van der Waals surface area contributed by atoms with E-state index in [9.17, 15) is 18.0 Å². The molecule has 0 spiro atoms. The van der Waals surface area contributed by atoms with Gasteiger partial charge < -0.3 is 9.73 Å². The fraction of sp³-hybridized carbons (Fsp3) is 0.478. The molecular weight excluding hydrogens is 430 g/mol. The van der Waals surface area contributed by atoms with Crippen molar-refractivity contribution in [2.24, 2.45) is 0 Å². The standard InChI is InChI=1S/C23H29N3O5S/c1-3-22(27)26-20-10-9-19(32(29,30)25-11-5-4-6-12-25)13-17(20)14-21(26)23(28)24-15-18-8-7-16(2)31-18/h7-10,13,21H,3-6,11-12,14-15H2,1-2H3,(H,24,28)/t21-/m1/s1. The Morgan fingerprint density at radius 2 is 1.88 bits per heavy atom. The van der Waals surface area contributed by atoms with E-state index in [4.69, 9.17) is 4.42 Å². The highest BCUT2D eigenvalue weighted by atomic mass is 32.2. The molecule has 1 atom stereocenters. The number of piperidine rings is 1. The molecule has 8 nitrogen and oxygen atoms in total. The number of carbonyl (C=O) groups excluding carboxylic acids is 2. The predicted molar refractivity (Wildman–Crippen MR) is 120 cm³/mol. The van der Waals surface area contributed by atoms with Gasteiger partial charge in [0.05, 0.1) is 11.4 Å². The van der Waals surface area contributed by atoms with E-state index < -0.39 is 16.1 Å². The van der Waals surface area contributed by atoms with Crippen molar-refractivity contribution in [3.8, 4) is 0 Å². The first-order valence-corrected chi connectivity index (χ1v) is 12.5. The zero-order valence-electron chi connectivity index (χ0n) is 18.5. The number of amides is 2. The molecule has 4 rings (SSSR count). The summed E-state index contributed by atoms with van der Waals surface area (Å²) in [6.45, 7) is 4.85. The summed E-state index contributed by atoms with van der Waals surface area (Å²) in [5, 5.41) is 2.84. The molecule has 32 heavy (non-hydrogen) atoms. The van der Waals surface area contributed by atoms with Crippen LogP contribution in [0.15, 0.2) is 39.6 Å². The molecule has 2 aliphatic heterocycles. The zero-order chi connectivity index (χ0) is 22.9. The lowest BCUT2D eigenvalue weighted by Crippen LogP contribution is -2.47. The number of hydrogen-bond donors (Lipinski definition) is 1. The Hall–Kier alpha value is -2.65. The molecule has 1 aromatic heterocycles. The quantitative estimate of drug-likeness (QED) is 0.716. The maximum atomic E-state index is 13.1. The third-order valence-corrected chi connectivity index (χ3v) is 7.99. The average molecular weight is 460 g/mol. The lowest BCUT2D eigenvalue weighted by molar-refractivity contribution is -0.126. The van der Waals surface area contributed by atoms with Crippen molar-refractivity contribution in [2.45, 2.75) is 63.4 Å². The number of carbonyl (C=O) groups is 2. The maximum absolute atomic E-state index is 13.1. The van der Waals surface area contributed by atoms with E-state index in [0.29, 0.717) is 30.1 Å². The van der Waals surface area contributed by atoms with Crippen molar-refractivity contribution in [3.05, 3.63) is 47.4 Å². The van der Waals surface area contributed by atoms with E-state index in [-0.39, 0.29) is 36.1 Å². The first-order chi connectivity index (χ1) is 15.3. The molecule has 2 aliphatic rings. The lowest BCUT2D eigenvalue weighted by Gasteiger charge is -2.26. The van der Waals surface area contributed by atoms with Crippen molar-refractivity contribution >= 4 is 27.5 Å². The number of nitrogens with one attached hydrogen (secondary N) is 1. The topological polar surface area (TPSA) is 99.9 Å². The normalized spacial score (nSPS) is 19.1. The summed E-state index contributed by atoms with van der Waals surface area (Å²) in [7, 11) is -3.59. The Balaban J connectivity index is 1.57. The number of fused-ring (bicyclic) bond motifs is 1. The molecule has 172 valence electrons. The van der Waals surface area contributed by atoms with Gasteiger partial charge in [-0.05, 0) is 55.7 Å². The van der Waals surface area contributed by atoms with Gasteiger partial charge in [0, 0.05) is 31.6 Å². The van der Waals surface area contributed by atoms with Crippen molar-refractivity contribution in [3.63, 3.8) is 0 Å². The lowest BCUT2D eigenvalue weighted by atomic mass is 10.1. The number of nitrogens with zero attached hydrogens (tertiary/aromatic N) is 2. The molecule has 0 bridgehead atoms. The number of sulfonamides is 1. The first kappa shape index (κ1) is 22.5. The van der Waals surface area contributed by atoms with E-state index in [1.54, 1.807) is 31.2 Å².